The number of nitro groups is 1. The molecule has 1 aromatic rings. The van der Waals surface area contributed by atoms with Crippen LogP contribution in [-0.4, -0.2) is 45.1 Å². The fourth-order valence-electron chi connectivity index (χ4n) is 1.91. The van der Waals surface area contributed by atoms with Crippen LogP contribution in [0.15, 0.2) is 16.9 Å². The predicted molar refractivity (Wildman–Crippen MR) is 74.7 cm³/mol. The average Bonchev–Trinajstić information content (AvgIpc) is 2.38. The molecule has 1 aromatic heterocycles. The fourth-order valence-corrected chi connectivity index (χ4v) is 3.50. The third kappa shape index (κ3) is 2.81. The Hall–Kier alpha value is -1.35. The minimum atomic E-state index is -0.981. The smallest absolute Gasteiger partial charge is 0.327 e. The molecule has 1 N–H and O–H groups in total. The summed E-state index contributed by atoms with van der Waals surface area (Å²) >= 11 is 4.75. The number of anilines is 1. The van der Waals surface area contributed by atoms with E-state index in [0.29, 0.717) is 16.8 Å². The second-order valence-electron chi connectivity index (χ2n) is 3.87. The molecule has 1 atom stereocenters. The van der Waals surface area contributed by atoms with Crippen LogP contribution in [0.25, 0.3) is 0 Å². The van der Waals surface area contributed by atoms with Crippen molar-refractivity contribution < 1.29 is 14.8 Å². The Labute approximate surface area is 121 Å². The highest BCUT2D eigenvalue weighted by atomic mass is 79.9. The number of carbonyl (C=O) groups is 1. The van der Waals surface area contributed by atoms with Crippen LogP contribution in [0.3, 0.4) is 0 Å². The molecule has 1 aliphatic heterocycles. The topological polar surface area (TPSA) is 96.6 Å². The van der Waals surface area contributed by atoms with Gasteiger partial charge in [-0.1, -0.05) is 0 Å². The Balaban J connectivity index is 2.49. The van der Waals surface area contributed by atoms with Crippen molar-refractivity contribution in [2.75, 3.05) is 23.0 Å². The third-order valence-electron chi connectivity index (χ3n) is 2.75. The SMILES string of the molecule is O=C(O)C1CSCCN1c1c(Br)cncc1[N+](=O)[O-]. The van der Waals surface area contributed by atoms with Crippen LogP contribution in [0.5, 0.6) is 0 Å². The van der Waals surface area contributed by atoms with Crippen LogP contribution in [0, 0.1) is 10.1 Å². The molecule has 1 aliphatic rings. The summed E-state index contributed by atoms with van der Waals surface area (Å²) in [6.45, 7) is 0.449. The zero-order chi connectivity index (χ0) is 14.0. The van der Waals surface area contributed by atoms with Crippen LogP contribution >= 0.6 is 27.7 Å². The molecular formula is C10H10BrN3O4S. The van der Waals surface area contributed by atoms with Crippen LogP contribution < -0.4 is 4.90 Å². The normalized spacial score (nSPS) is 19.2. The second-order valence-corrected chi connectivity index (χ2v) is 5.87. The van der Waals surface area contributed by atoms with E-state index in [1.807, 2.05) is 0 Å². The number of hydrogen-bond donors (Lipinski definition) is 1. The number of nitrogens with zero attached hydrogens (tertiary/aromatic N) is 3. The summed E-state index contributed by atoms with van der Waals surface area (Å²) in [6.07, 6.45) is 2.57. The Morgan fingerprint density at radius 3 is 3.00 bits per heavy atom. The molecule has 0 aliphatic carbocycles. The van der Waals surface area contributed by atoms with Gasteiger partial charge in [-0.05, 0) is 15.9 Å². The van der Waals surface area contributed by atoms with E-state index in [1.165, 1.54) is 18.0 Å². The molecule has 2 heterocycles. The van der Waals surface area contributed by atoms with Crippen molar-refractivity contribution in [3.05, 3.63) is 27.0 Å². The highest BCUT2D eigenvalue weighted by Gasteiger charge is 2.34. The number of carboxylic acid groups (broad SMARTS) is 1. The number of hydrogen-bond acceptors (Lipinski definition) is 6. The van der Waals surface area contributed by atoms with Crippen molar-refractivity contribution in [2.24, 2.45) is 0 Å². The number of pyridine rings is 1. The maximum atomic E-state index is 11.3. The second kappa shape index (κ2) is 5.74. The first kappa shape index (κ1) is 14.1. The Morgan fingerprint density at radius 2 is 2.37 bits per heavy atom. The van der Waals surface area contributed by atoms with E-state index in [-0.39, 0.29) is 11.4 Å². The monoisotopic (exact) mass is 347 g/mol. The molecule has 102 valence electrons. The van der Waals surface area contributed by atoms with Crippen LogP contribution in [-0.2, 0) is 4.79 Å². The first-order valence-corrected chi connectivity index (χ1v) is 7.32. The quantitative estimate of drug-likeness (QED) is 0.657. The van der Waals surface area contributed by atoms with Crippen LogP contribution in [0.1, 0.15) is 0 Å². The molecule has 1 fully saturated rings. The van der Waals surface area contributed by atoms with Gasteiger partial charge in [0.15, 0.2) is 0 Å². The molecular weight excluding hydrogens is 338 g/mol. The predicted octanol–water partition coefficient (Wildman–Crippen LogP) is 1.76. The van der Waals surface area contributed by atoms with E-state index in [9.17, 15) is 20.0 Å². The summed E-state index contributed by atoms with van der Waals surface area (Å²) in [5.41, 5.74) is 0.0974. The zero-order valence-corrected chi connectivity index (χ0v) is 12.1. The van der Waals surface area contributed by atoms with Gasteiger partial charge in [-0.2, -0.15) is 11.8 Å². The Morgan fingerprint density at radius 1 is 1.63 bits per heavy atom. The molecule has 19 heavy (non-hydrogen) atoms. The zero-order valence-electron chi connectivity index (χ0n) is 9.65. The molecule has 9 heteroatoms. The van der Waals surface area contributed by atoms with E-state index in [2.05, 4.69) is 20.9 Å². The highest BCUT2D eigenvalue weighted by Crippen LogP contribution is 2.37. The van der Waals surface area contributed by atoms with Gasteiger partial charge in [-0.25, -0.2) is 4.79 Å². The Bertz CT molecular complexity index is 527. The van der Waals surface area contributed by atoms with E-state index in [1.54, 1.807) is 4.90 Å². The molecule has 0 radical (unpaired) electrons. The van der Waals surface area contributed by atoms with Crippen molar-refractivity contribution in [1.29, 1.82) is 0 Å². The number of halogens is 1. The molecule has 7 nitrogen and oxygen atoms in total. The van der Waals surface area contributed by atoms with Crippen molar-refractivity contribution >= 4 is 45.0 Å². The number of rotatable bonds is 3. The summed E-state index contributed by atoms with van der Waals surface area (Å²) in [5.74, 6) is 0.155. The lowest BCUT2D eigenvalue weighted by atomic mass is 10.2. The third-order valence-corrected chi connectivity index (χ3v) is 4.35. The van der Waals surface area contributed by atoms with Gasteiger partial charge in [-0.3, -0.25) is 15.1 Å². The molecule has 0 aromatic carbocycles. The molecule has 1 saturated heterocycles. The molecule has 0 spiro atoms. The molecule has 0 bridgehead atoms. The highest BCUT2D eigenvalue weighted by molar-refractivity contribution is 9.10. The minimum absolute atomic E-state index is 0.187. The first-order chi connectivity index (χ1) is 9.02. The van der Waals surface area contributed by atoms with E-state index < -0.39 is 16.9 Å². The summed E-state index contributed by atoms with van der Waals surface area (Å²) in [4.78, 5) is 27.1. The fraction of sp³-hybridized carbons (Fsp3) is 0.400. The van der Waals surface area contributed by atoms with E-state index in [4.69, 9.17) is 0 Å². The lowest BCUT2D eigenvalue weighted by Gasteiger charge is -2.34. The lowest BCUT2D eigenvalue weighted by Crippen LogP contribution is -2.47. The lowest BCUT2D eigenvalue weighted by molar-refractivity contribution is -0.384. The summed E-state index contributed by atoms with van der Waals surface area (Å²) in [5, 5.41) is 20.3. The van der Waals surface area contributed by atoms with Gasteiger partial charge in [0.25, 0.3) is 0 Å². The average molecular weight is 348 g/mol. The number of aromatic nitrogens is 1. The standard InChI is InChI=1S/C10H10BrN3O4S/c11-6-3-12-4-7(14(17)18)9(6)13-1-2-19-5-8(13)10(15)16/h3-4,8H,1-2,5H2,(H,15,16). The maximum Gasteiger partial charge on any atom is 0.327 e. The summed E-state index contributed by atoms with van der Waals surface area (Å²) < 4.78 is 0.430. The van der Waals surface area contributed by atoms with Crippen LogP contribution in [0.2, 0.25) is 0 Å². The van der Waals surface area contributed by atoms with Gasteiger partial charge >= 0.3 is 11.7 Å². The Kier molecular flexibility index (Phi) is 4.25. The maximum absolute atomic E-state index is 11.3. The van der Waals surface area contributed by atoms with E-state index >= 15 is 0 Å². The first-order valence-electron chi connectivity index (χ1n) is 5.37. The van der Waals surface area contributed by atoms with Gasteiger partial charge in [0.2, 0.25) is 0 Å². The van der Waals surface area contributed by atoms with E-state index in [0.717, 1.165) is 11.9 Å². The largest absolute Gasteiger partial charge is 0.480 e. The number of aliphatic carboxylic acids is 1. The van der Waals surface area contributed by atoms with Crippen molar-refractivity contribution in [1.82, 2.24) is 4.98 Å². The molecule has 1 unspecified atom stereocenters. The molecule has 0 saturated carbocycles. The molecule has 0 amide bonds. The summed E-state index contributed by atoms with van der Waals surface area (Å²) in [7, 11) is 0. The summed E-state index contributed by atoms with van der Waals surface area (Å²) in [6, 6.07) is -0.767. The van der Waals surface area contributed by atoms with Crippen molar-refractivity contribution in [3.8, 4) is 0 Å². The van der Waals surface area contributed by atoms with Crippen molar-refractivity contribution in [3.63, 3.8) is 0 Å². The number of thioether (sulfide) groups is 1. The van der Waals surface area contributed by atoms with Gasteiger partial charge in [0.05, 0.1) is 9.40 Å². The van der Waals surface area contributed by atoms with Gasteiger partial charge in [-0.15, -0.1) is 0 Å². The van der Waals surface area contributed by atoms with Crippen molar-refractivity contribution in [2.45, 2.75) is 6.04 Å². The number of carboxylic acids is 1. The minimum Gasteiger partial charge on any atom is -0.480 e. The van der Waals surface area contributed by atoms with Crippen LogP contribution in [0.4, 0.5) is 11.4 Å². The van der Waals surface area contributed by atoms with Gasteiger partial charge in [0, 0.05) is 24.2 Å². The van der Waals surface area contributed by atoms with Gasteiger partial charge < -0.3 is 10.0 Å². The molecule has 2 rings (SSSR count). The van der Waals surface area contributed by atoms with Gasteiger partial charge in [0.1, 0.15) is 17.9 Å².